The van der Waals surface area contributed by atoms with Crippen LogP contribution in [0.5, 0.6) is 0 Å². The molecule has 1 atom stereocenters. The fourth-order valence-corrected chi connectivity index (χ4v) is 3.54. The first-order chi connectivity index (χ1) is 8.59. The van der Waals surface area contributed by atoms with Gasteiger partial charge in [-0.2, -0.15) is 0 Å². The third-order valence-electron chi connectivity index (χ3n) is 3.27. The minimum Gasteiger partial charge on any atom is -0.383 e. The highest BCUT2D eigenvalue weighted by molar-refractivity contribution is 7.91. The normalized spacial score (nSPS) is 22.6. The van der Waals surface area contributed by atoms with Gasteiger partial charge in [0.1, 0.15) is 0 Å². The van der Waals surface area contributed by atoms with E-state index in [1.54, 1.807) is 7.11 Å². The third kappa shape index (κ3) is 5.65. The van der Waals surface area contributed by atoms with Crippen molar-refractivity contribution >= 4 is 9.84 Å². The van der Waals surface area contributed by atoms with Crippen molar-refractivity contribution in [3.63, 3.8) is 0 Å². The second-order valence-corrected chi connectivity index (χ2v) is 7.16. The lowest BCUT2D eigenvalue weighted by molar-refractivity contribution is 0.0941. The van der Waals surface area contributed by atoms with Gasteiger partial charge in [-0.25, -0.2) is 8.42 Å². The van der Waals surface area contributed by atoms with Crippen LogP contribution in [-0.4, -0.2) is 70.8 Å². The molecule has 18 heavy (non-hydrogen) atoms. The van der Waals surface area contributed by atoms with E-state index >= 15 is 0 Å². The molecule has 0 radical (unpaired) electrons. The quantitative estimate of drug-likeness (QED) is 0.671. The number of ether oxygens (including phenoxy) is 1. The van der Waals surface area contributed by atoms with Gasteiger partial charge < -0.3 is 10.1 Å². The molecule has 1 N–H and O–H groups in total. The first-order valence-electron chi connectivity index (χ1n) is 6.73. The van der Waals surface area contributed by atoms with E-state index in [9.17, 15) is 8.42 Å². The molecule has 0 saturated carbocycles. The van der Waals surface area contributed by atoms with E-state index in [0.29, 0.717) is 18.9 Å². The Morgan fingerprint density at radius 3 is 2.78 bits per heavy atom. The molecule has 0 aromatic carbocycles. The zero-order valence-electron chi connectivity index (χ0n) is 11.5. The zero-order chi connectivity index (χ0) is 13.4. The van der Waals surface area contributed by atoms with Crippen molar-refractivity contribution in [1.82, 2.24) is 10.2 Å². The SMILES string of the molecule is CCCNCC(COC)N1CCCS(=O)(=O)CC1. The topological polar surface area (TPSA) is 58.6 Å². The molecule has 1 rings (SSSR count). The Labute approximate surface area is 111 Å². The van der Waals surface area contributed by atoms with Crippen LogP contribution in [0.3, 0.4) is 0 Å². The summed E-state index contributed by atoms with van der Waals surface area (Å²) >= 11 is 0. The highest BCUT2D eigenvalue weighted by atomic mass is 32.2. The van der Waals surface area contributed by atoms with E-state index in [0.717, 1.165) is 32.5 Å². The largest absolute Gasteiger partial charge is 0.383 e. The van der Waals surface area contributed by atoms with Gasteiger partial charge in [-0.15, -0.1) is 0 Å². The Kier molecular flexibility index (Phi) is 7.14. The molecule has 6 heteroatoms. The summed E-state index contributed by atoms with van der Waals surface area (Å²) in [6.07, 6.45) is 1.84. The van der Waals surface area contributed by atoms with Crippen LogP contribution >= 0.6 is 0 Å². The maximum atomic E-state index is 11.6. The van der Waals surface area contributed by atoms with Crippen LogP contribution in [0.1, 0.15) is 19.8 Å². The Bertz CT molecular complexity index is 319. The highest BCUT2D eigenvalue weighted by Crippen LogP contribution is 2.09. The summed E-state index contributed by atoms with van der Waals surface area (Å²) in [7, 11) is -1.13. The molecule has 0 bridgehead atoms. The molecule has 1 fully saturated rings. The molecule has 0 amide bonds. The van der Waals surface area contributed by atoms with Crippen LogP contribution in [0.15, 0.2) is 0 Å². The maximum absolute atomic E-state index is 11.6. The Hall–Kier alpha value is -0.170. The fourth-order valence-electron chi connectivity index (χ4n) is 2.25. The zero-order valence-corrected chi connectivity index (χ0v) is 12.3. The van der Waals surface area contributed by atoms with Crippen molar-refractivity contribution in [3.8, 4) is 0 Å². The summed E-state index contributed by atoms with van der Waals surface area (Å²) in [6, 6.07) is 0.273. The van der Waals surface area contributed by atoms with Crippen LogP contribution in [0.4, 0.5) is 0 Å². The van der Waals surface area contributed by atoms with E-state index in [4.69, 9.17) is 4.74 Å². The van der Waals surface area contributed by atoms with E-state index in [2.05, 4.69) is 17.1 Å². The number of nitrogens with one attached hydrogen (secondary N) is 1. The van der Waals surface area contributed by atoms with Crippen molar-refractivity contribution in [2.24, 2.45) is 0 Å². The van der Waals surface area contributed by atoms with Crippen molar-refractivity contribution < 1.29 is 13.2 Å². The van der Waals surface area contributed by atoms with Gasteiger partial charge in [-0.3, -0.25) is 4.90 Å². The monoisotopic (exact) mass is 278 g/mol. The smallest absolute Gasteiger partial charge is 0.151 e. The minimum atomic E-state index is -2.83. The van der Waals surface area contributed by atoms with E-state index in [-0.39, 0.29) is 11.8 Å². The molecule has 1 saturated heterocycles. The van der Waals surface area contributed by atoms with Gasteiger partial charge in [0.25, 0.3) is 0 Å². The first-order valence-corrected chi connectivity index (χ1v) is 8.55. The number of nitrogens with zero attached hydrogens (tertiary/aromatic N) is 1. The molecular formula is C12H26N2O3S. The summed E-state index contributed by atoms with van der Waals surface area (Å²) in [5.41, 5.74) is 0. The van der Waals surface area contributed by atoms with Crippen LogP contribution in [0.25, 0.3) is 0 Å². The maximum Gasteiger partial charge on any atom is 0.151 e. The molecule has 0 aliphatic carbocycles. The number of hydrogen-bond acceptors (Lipinski definition) is 5. The van der Waals surface area contributed by atoms with Crippen molar-refractivity contribution in [1.29, 1.82) is 0 Å². The summed E-state index contributed by atoms with van der Waals surface area (Å²) < 4.78 is 28.4. The van der Waals surface area contributed by atoms with Crippen molar-refractivity contribution in [3.05, 3.63) is 0 Å². The molecule has 1 unspecified atom stereocenters. The van der Waals surface area contributed by atoms with Crippen LogP contribution in [0.2, 0.25) is 0 Å². The number of rotatable bonds is 7. The molecule has 5 nitrogen and oxygen atoms in total. The molecule has 1 aliphatic rings. The van der Waals surface area contributed by atoms with E-state index < -0.39 is 9.84 Å². The minimum absolute atomic E-state index is 0.273. The summed E-state index contributed by atoms with van der Waals surface area (Å²) in [6.45, 7) is 6.12. The Morgan fingerprint density at radius 2 is 2.11 bits per heavy atom. The molecule has 108 valence electrons. The van der Waals surface area contributed by atoms with Gasteiger partial charge in [0.2, 0.25) is 0 Å². The Balaban J connectivity index is 2.50. The Morgan fingerprint density at radius 1 is 1.33 bits per heavy atom. The highest BCUT2D eigenvalue weighted by Gasteiger charge is 2.24. The standard InChI is InChI=1S/C12H26N2O3S/c1-3-5-13-10-12(11-17-2)14-6-4-8-18(15,16)9-7-14/h12-13H,3-11H2,1-2H3. The molecule has 0 spiro atoms. The molecule has 0 aromatic rings. The lowest BCUT2D eigenvalue weighted by atomic mass is 10.2. The van der Waals surface area contributed by atoms with Crippen molar-refractivity contribution in [2.75, 3.05) is 51.4 Å². The van der Waals surface area contributed by atoms with Gasteiger partial charge in [0.15, 0.2) is 9.84 Å². The fraction of sp³-hybridized carbons (Fsp3) is 1.00. The van der Waals surface area contributed by atoms with Gasteiger partial charge >= 0.3 is 0 Å². The molecule has 1 aliphatic heterocycles. The van der Waals surface area contributed by atoms with E-state index in [1.807, 2.05) is 0 Å². The molecular weight excluding hydrogens is 252 g/mol. The predicted octanol–water partition coefficient (Wildman–Crippen LogP) is 0.122. The summed E-state index contributed by atoms with van der Waals surface area (Å²) in [4.78, 5) is 2.25. The molecule has 0 aromatic heterocycles. The summed E-state index contributed by atoms with van der Waals surface area (Å²) in [5, 5.41) is 3.39. The number of sulfone groups is 1. The van der Waals surface area contributed by atoms with Gasteiger partial charge in [0, 0.05) is 26.2 Å². The van der Waals surface area contributed by atoms with Gasteiger partial charge in [0.05, 0.1) is 18.1 Å². The predicted molar refractivity (Wildman–Crippen MR) is 73.7 cm³/mol. The van der Waals surface area contributed by atoms with Gasteiger partial charge in [-0.05, 0) is 25.9 Å². The number of methoxy groups -OCH3 is 1. The van der Waals surface area contributed by atoms with E-state index in [1.165, 1.54) is 0 Å². The second kappa shape index (κ2) is 8.09. The lowest BCUT2D eigenvalue weighted by Gasteiger charge is -2.30. The average Bonchev–Trinajstić information content (AvgIpc) is 2.49. The van der Waals surface area contributed by atoms with Crippen LogP contribution < -0.4 is 5.32 Å². The summed E-state index contributed by atoms with van der Waals surface area (Å²) in [5.74, 6) is 0.604. The van der Waals surface area contributed by atoms with Crippen LogP contribution in [0, 0.1) is 0 Å². The second-order valence-electron chi connectivity index (χ2n) is 4.85. The first kappa shape index (κ1) is 15.9. The number of hydrogen-bond donors (Lipinski definition) is 1. The average molecular weight is 278 g/mol. The van der Waals surface area contributed by atoms with Crippen molar-refractivity contribution in [2.45, 2.75) is 25.8 Å². The lowest BCUT2D eigenvalue weighted by Crippen LogP contribution is -2.46. The van der Waals surface area contributed by atoms with Gasteiger partial charge in [-0.1, -0.05) is 6.92 Å². The third-order valence-corrected chi connectivity index (χ3v) is 4.99. The van der Waals surface area contributed by atoms with Crippen LogP contribution in [-0.2, 0) is 14.6 Å². The molecule has 1 heterocycles.